The number of benzene rings is 2. The van der Waals surface area contributed by atoms with Gasteiger partial charge in [0.2, 0.25) is 23.5 Å². The van der Waals surface area contributed by atoms with Gasteiger partial charge in [-0.05, 0) is 49.1 Å². The molecule has 0 unspecified atom stereocenters. The second-order valence-corrected chi connectivity index (χ2v) is 8.94. The van der Waals surface area contributed by atoms with Gasteiger partial charge < -0.3 is 19.1 Å². The maximum Gasteiger partial charge on any atom is 0.227 e. The van der Waals surface area contributed by atoms with Gasteiger partial charge in [-0.15, -0.1) is 0 Å². The van der Waals surface area contributed by atoms with Crippen molar-refractivity contribution in [2.45, 2.75) is 39.0 Å². The molecule has 0 atom stereocenters. The van der Waals surface area contributed by atoms with E-state index < -0.39 is 0 Å². The number of hydrogen-bond donors (Lipinski definition) is 0. The lowest BCUT2D eigenvalue weighted by Crippen LogP contribution is -2.37. The molecule has 1 fully saturated rings. The van der Waals surface area contributed by atoms with E-state index >= 15 is 0 Å². The number of ether oxygens (including phenoxy) is 1. The van der Waals surface area contributed by atoms with Crippen LogP contribution in [0.2, 0.25) is 0 Å². The van der Waals surface area contributed by atoms with E-state index in [0.717, 1.165) is 17.7 Å². The first kappa shape index (κ1) is 25.3. The van der Waals surface area contributed by atoms with Crippen molar-refractivity contribution in [3.8, 4) is 17.1 Å². The third kappa shape index (κ3) is 6.47. The molecular weight excluding hydrogens is 463 g/mol. The summed E-state index contributed by atoms with van der Waals surface area (Å²) in [5.74, 6) is 1.20. The van der Waals surface area contributed by atoms with Crippen molar-refractivity contribution in [3.63, 3.8) is 0 Å². The zero-order valence-corrected chi connectivity index (χ0v) is 20.7. The van der Waals surface area contributed by atoms with E-state index in [0.29, 0.717) is 68.3 Å². The second-order valence-electron chi connectivity index (χ2n) is 8.94. The molecule has 1 aromatic heterocycles. The summed E-state index contributed by atoms with van der Waals surface area (Å²) in [6.07, 6.45) is 2.38. The fourth-order valence-electron chi connectivity index (χ4n) is 4.20. The summed E-state index contributed by atoms with van der Waals surface area (Å²) >= 11 is 0. The van der Waals surface area contributed by atoms with Crippen LogP contribution in [0.15, 0.2) is 47.0 Å². The Balaban J connectivity index is 1.23. The van der Waals surface area contributed by atoms with Crippen molar-refractivity contribution < 1.29 is 23.2 Å². The summed E-state index contributed by atoms with van der Waals surface area (Å²) in [4.78, 5) is 33.5. The molecule has 0 saturated carbocycles. The number of carbonyl (C=O) groups is 2. The fraction of sp³-hybridized carbons (Fsp3) is 0.407. The molecule has 0 N–H and O–H groups in total. The highest BCUT2D eigenvalue weighted by Gasteiger charge is 2.22. The minimum atomic E-state index is -0.330. The second kappa shape index (κ2) is 11.8. The molecule has 3 aromatic rings. The first-order valence-electron chi connectivity index (χ1n) is 12.2. The molecule has 0 spiro atoms. The average Bonchev–Trinajstić information content (AvgIpc) is 3.23. The van der Waals surface area contributed by atoms with Crippen LogP contribution in [-0.2, 0) is 22.4 Å². The van der Waals surface area contributed by atoms with Crippen LogP contribution in [-0.4, -0.2) is 65.0 Å². The van der Waals surface area contributed by atoms with Crippen molar-refractivity contribution in [1.82, 2.24) is 19.9 Å². The Hall–Kier alpha value is -3.75. The summed E-state index contributed by atoms with van der Waals surface area (Å²) in [6, 6.07) is 12.5. The Bertz CT molecular complexity index is 1190. The lowest BCUT2D eigenvalue weighted by atomic mass is 10.1. The molecule has 9 heteroatoms. The Morgan fingerprint density at radius 2 is 1.64 bits per heavy atom. The minimum Gasteiger partial charge on any atom is -0.497 e. The third-order valence-electron chi connectivity index (χ3n) is 6.44. The summed E-state index contributed by atoms with van der Waals surface area (Å²) in [5.41, 5.74) is 2.17. The van der Waals surface area contributed by atoms with Crippen LogP contribution in [0.25, 0.3) is 11.4 Å². The van der Waals surface area contributed by atoms with Crippen LogP contribution >= 0.6 is 0 Å². The van der Waals surface area contributed by atoms with Crippen LogP contribution in [0.3, 0.4) is 0 Å². The van der Waals surface area contributed by atoms with Crippen molar-refractivity contribution >= 4 is 11.8 Å². The summed E-state index contributed by atoms with van der Waals surface area (Å²) in [5, 5.41) is 3.91. The van der Waals surface area contributed by atoms with Gasteiger partial charge in [0, 0.05) is 51.0 Å². The molecule has 36 heavy (non-hydrogen) atoms. The number of halogens is 1. The topological polar surface area (TPSA) is 88.8 Å². The molecule has 0 aliphatic carbocycles. The molecule has 2 heterocycles. The van der Waals surface area contributed by atoms with Crippen LogP contribution in [0.4, 0.5) is 4.39 Å². The maximum absolute atomic E-state index is 13.8. The molecule has 2 aromatic carbocycles. The molecule has 4 rings (SSSR count). The van der Waals surface area contributed by atoms with E-state index in [9.17, 15) is 14.0 Å². The van der Waals surface area contributed by atoms with Gasteiger partial charge in [-0.25, -0.2) is 4.39 Å². The zero-order valence-electron chi connectivity index (χ0n) is 20.7. The SMILES string of the molecule is COc1ccc(CCC(=O)N2CCCN(C(=O)CCc3nc(-c4ccc(C)c(F)c4)no3)CC2)cc1. The number of aryl methyl sites for hydroxylation is 3. The highest BCUT2D eigenvalue weighted by Crippen LogP contribution is 2.20. The number of rotatable bonds is 8. The molecule has 1 aliphatic rings. The highest BCUT2D eigenvalue weighted by molar-refractivity contribution is 5.78. The number of methoxy groups -OCH3 is 1. The first-order chi connectivity index (χ1) is 17.4. The number of aromatic nitrogens is 2. The van der Waals surface area contributed by atoms with Crippen LogP contribution in [0.1, 0.15) is 36.3 Å². The van der Waals surface area contributed by atoms with E-state index in [4.69, 9.17) is 9.26 Å². The molecule has 1 saturated heterocycles. The van der Waals surface area contributed by atoms with Gasteiger partial charge in [-0.2, -0.15) is 4.98 Å². The third-order valence-corrected chi connectivity index (χ3v) is 6.44. The summed E-state index contributed by atoms with van der Waals surface area (Å²) in [7, 11) is 1.63. The minimum absolute atomic E-state index is 0.0105. The van der Waals surface area contributed by atoms with Gasteiger partial charge in [0.15, 0.2) is 0 Å². The van der Waals surface area contributed by atoms with Gasteiger partial charge in [0.1, 0.15) is 11.6 Å². The van der Waals surface area contributed by atoms with Crippen molar-refractivity contribution in [1.29, 1.82) is 0 Å². The van der Waals surface area contributed by atoms with Gasteiger partial charge in [0.25, 0.3) is 0 Å². The standard InChI is InChI=1S/C27H31FN4O4/c1-19-4-8-21(18-23(19)28)27-29-24(36-30-27)11-13-26(34)32-15-3-14-31(16-17-32)25(33)12-7-20-5-9-22(35-2)10-6-20/h4-6,8-10,18H,3,7,11-17H2,1-2H3. The molecule has 0 radical (unpaired) electrons. The number of carbonyl (C=O) groups excluding carboxylic acids is 2. The monoisotopic (exact) mass is 494 g/mol. The van der Waals surface area contributed by atoms with Gasteiger partial charge in [-0.3, -0.25) is 9.59 Å². The van der Waals surface area contributed by atoms with Gasteiger partial charge >= 0.3 is 0 Å². The Labute approximate surface area is 210 Å². The highest BCUT2D eigenvalue weighted by atomic mass is 19.1. The molecule has 190 valence electrons. The van der Waals surface area contributed by atoms with Crippen molar-refractivity contribution in [2.75, 3.05) is 33.3 Å². The van der Waals surface area contributed by atoms with E-state index in [1.54, 1.807) is 31.1 Å². The van der Waals surface area contributed by atoms with E-state index in [2.05, 4.69) is 10.1 Å². The lowest BCUT2D eigenvalue weighted by Gasteiger charge is -2.22. The van der Waals surface area contributed by atoms with E-state index in [-0.39, 0.29) is 24.1 Å². The van der Waals surface area contributed by atoms with Crippen LogP contribution < -0.4 is 4.74 Å². The number of amides is 2. The Morgan fingerprint density at radius 1 is 0.972 bits per heavy atom. The van der Waals surface area contributed by atoms with Crippen molar-refractivity contribution in [2.24, 2.45) is 0 Å². The van der Waals surface area contributed by atoms with E-state index in [1.807, 2.05) is 29.2 Å². The first-order valence-corrected chi connectivity index (χ1v) is 12.2. The fourth-order valence-corrected chi connectivity index (χ4v) is 4.20. The number of hydrogen-bond acceptors (Lipinski definition) is 6. The molecule has 2 amide bonds. The van der Waals surface area contributed by atoms with Crippen molar-refractivity contribution in [3.05, 3.63) is 65.3 Å². The predicted octanol–water partition coefficient (Wildman–Crippen LogP) is 3.82. The Morgan fingerprint density at radius 3 is 2.28 bits per heavy atom. The maximum atomic E-state index is 13.8. The average molecular weight is 495 g/mol. The van der Waals surface area contributed by atoms with Gasteiger partial charge in [-0.1, -0.05) is 29.4 Å². The van der Waals surface area contributed by atoms with Crippen LogP contribution in [0, 0.1) is 12.7 Å². The molecule has 0 bridgehead atoms. The largest absolute Gasteiger partial charge is 0.497 e. The molecular formula is C27H31FN4O4. The smallest absolute Gasteiger partial charge is 0.227 e. The van der Waals surface area contributed by atoms with Gasteiger partial charge in [0.05, 0.1) is 7.11 Å². The quantitative estimate of drug-likeness (QED) is 0.473. The Kier molecular flexibility index (Phi) is 8.30. The predicted molar refractivity (Wildman–Crippen MR) is 132 cm³/mol. The molecule has 8 nitrogen and oxygen atoms in total. The zero-order chi connectivity index (χ0) is 25.5. The molecule has 1 aliphatic heterocycles. The summed E-state index contributed by atoms with van der Waals surface area (Å²) < 4.78 is 24.3. The van der Waals surface area contributed by atoms with Crippen LogP contribution in [0.5, 0.6) is 5.75 Å². The summed E-state index contributed by atoms with van der Waals surface area (Å²) in [6.45, 7) is 3.97. The lowest BCUT2D eigenvalue weighted by molar-refractivity contribution is -0.133. The number of nitrogens with zero attached hydrogens (tertiary/aromatic N) is 4. The van der Waals surface area contributed by atoms with E-state index in [1.165, 1.54) is 6.07 Å². The normalized spacial score (nSPS) is 14.0.